The van der Waals surface area contributed by atoms with Crippen molar-refractivity contribution in [1.29, 1.82) is 0 Å². The summed E-state index contributed by atoms with van der Waals surface area (Å²) in [7, 11) is 0. The number of hydrogen-bond acceptors (Lipinski definition) is 4. The van der Waals surface area contributed by atoms with Crippen molar-refractivity contribution in [2.24, 2.45) is 23.7 Å². The van der Waals surface area contributed by atoms with Crippen molar-refractivity contribution in [2.45, 2.75) is 48.6 Å². The summed E-state index contributed by atoms with van der Waals surface area (Å²) in [6, 6.07) is 7.43. The summed E-state index contributed by atoms with van der Waals surface area (Å²) in [5.41, 5.74) is 1.33. The Hall–Kier alpha value is -1.23. The molecule has 4 nitrogen and oxygen atoms in total. The van der Waals surface area contributed by atoms with Crippen molar-refractivity contribution < 1.29 is 19.1 Å². The molecule has 154 valence electrons. The minimum atomic E-state index is -2.28. The molecule has 1 aromatic rings. The monoisotopic (exact) mass is 454 g/mol. The molecule has 4 bridgehead atoms. The van der Waals surface area contributed by atoms with Gasteiger partial charge in [-0.05, 0) is 50.9 Å². The third-order valence-corrected chi connectivity index (χ3v) is 7.53. The van der Waals surface area contributed by atoms with Crippen LogP contribution >= 0.6 is 34.8 Å². The Morgan fingerprint density at radius 3 is 2.03 bits per heavy atom. The van der Waals surface area contributed by atoms with E-state index in [4.69, 9.17) is 44.3 Å². The second-order valence-electron chi connectivity index (χ2n) is 8.91. The maximum atomic E-state index is 13.2. The number of halogens is 3. The molecular formula is C22H21Cl3O4. The Morgan fingerprint density at radius 2 is 1.52 bits per heavy atom. The molecule has 0 radical (unpaired) electrons. The Bertz CT molecular complexity index is 885. The average Bonchev–Trinajstić information content (AvgIpc) is 2.64. The van der Waals surface area contributed by atoms with Crippen LogP contribution in [-0.2, 0) is 19.1 Å². The minimum absolute atomic E-state index is 0.132. The molecule has 1 spiro atoms. The molecule has 29 heavy (non-hydrogen) atoms. The fourth-order valence-electron chi connectivity index (χ4n) is 5.94. The molecule has 1 aromatic carbocycles. The minimum Gasteiger partial charge on any atom is -0.450 e. The molecule has 0 atom stereocenters. The lowest BCUT2D eigenvalue weighted by atomic mass is 9.53. The van der Waals surface area contributed by atoms with Gasteiger partial charge < -0.3 is 9.47 Å². The fraction of sp³-hybridized carbons (Fsp3) is 0.545. The average molecular weight is 456 g/mol. The third kappa shape index (κ3) is 3.10. The van der Waals surface area contributed by atoms with Crippen molar-refractivity contribution in [3.63, 3.8) is 0 Å². The standard InChI is InChI=1S/C22H21Cl3O4/c1-11-2-4-14(5-3-11)18-17(19(26)22(23,24)25)20(27)29-21(28-18)15-7-12-6-13(9-15)10-16(21)8-12/h2-5,12-13,15-16H,6-10H2,1H3. The van der Waals surface area contributed by atoms with Crippen LogP contribution < -0.4 is 0 Å². The van der Waals surface area contributed by atoms with Crippen LogP contribution in [0.2, 0.25) is 0 Å². The maximum Gasteiger partial charge on any atom is 0.349 e. The van der Waals surface area contributed by atoms with Gasteiger partial charge >= 0.3 is 5.97 Å². The lowest BCUT2D eigenvalue weighted by Gasteiger charge is -2.60. The molecule has 6 rings (SSSR count). The van der Waals surface area contributed by atoms with E-state index >= 15 is 0 Å². The number of ketones is 1. The highest BCUT2D eigenvalue weighted by molar-refractivity contribution is 6.78. The Morgan fingerprint density at radius 1 is 0.966 bits per heavy atom. The van der Waals surface area contributed by atoms with Crippen LogP contribution in [0.25, 0.3) is 5.76 Å². The fourth-order valence-corrected chi connectivity index (χ4v) is 6.22. The molecule has 7 heteroatoms. The van der Waals surface area contributed by atoms with Gasteiger partial charge in [-0.15, -0.1) is 0 Å². The zero-order valence-corrected chi connectivity index (χ0v) is 18.2. The van der Waals surface area contributed by atoms with E-state index in [1.165, 1.54) is 6.42 Å². The summed E-state index contributed by atoms with van der Waals surface area (Å²) in [6.07, 6.45) is 5.18. The van der Waals surface area contributed by atoms with Crippen molar-refractivity contribution in [3.8, 4) is 0 Å². The van der Waals surface area contributed by atoms with Crippen LogP contribution in [-0.4, -0.2) is 21.3 Å². The van der Waals surface area contributed by atoms with E-state index in [9.17, 15) is 9.59 Å². The summed E-state index contributed by atoms with van der Waals surface area (Å²) in [6.45, 7) is 1.96. The van der Waals surface area contributed by atoms with Crippen LogP contribution in [0.15, 0.2) is 29.8 Å². The number of alkyl halides is 3. The van der Waals surface area contributed by atoms with E-state index in [1.54, 1.807) is 0 Å². The second kappa shape index (κ2) is 6.63. The van der Waals surface area contributed by atoms with Crippen molar-refractivity contribution in [1.82, 2.24) is 0 Å². The van der Waals surface area contributed by atoms with Crippen molar-refractivity contribution in [3.05, 3.63) is 41.0 Å². The van der Waals surface area contributed by atoms with E-state index in [2.05, 4.69) is 0 Å². The predicted molar refractivity (Wildman–Crippen MR) is 110 cm³/mol. The number of ether oxygens (including phenoxy) is 2. The molecule has 4 fully saturated rings. The number of benzene rings is 1. The quantitative estimate of drug-likeness (QED) is 0.342. The van der Waals surface area contributed by atoms with Gasteiger partial charge in [0, 0.05) is 17.4 Å². The number of hydrogen-bond donors (Lipinski definition) is 0. The summed E-state index contributed by atoms with van der Waals surface area (Å²) in [4.78, 5) is 26.0. The number of rotatable bonds is 2. The largest absolute Gasteiger partial charge is 0.450 e. The van der Waals surface area contributed by atoms with E-state index < -0.39 is 21.3 Å². The van der Waals surface area contributed by atoms with Gasteiger partial charge in [0.15, 0.2) is 0 Å². The molecule has 0 aromatic heterocycles. The third-order valence-electron chi connectivity index (χ3n) is 7.02. The van der Waals surface area contributed by atoms with Crippen LogP contribution in [0.3, 0.4) is 0 Å². The molecule has 5 aliphatic rings. The maximum absolute atomic E-state index is 13.2. The van der Waals surface area contributed by atoms with E-state index in [1.807, 2.05) is 31.2 Å². The SMILES string of the molecule is Cc1ccc(C2=C(C(=O)C(Cl)(Cl)Cl)C(=O)OC3(O2)C2CC4CC(C2)CC3C4)cc1. The first-order valence-electron chi connectivity index (χ1n) is 10.0. The van der Waals surface area contributed by atoms with Gasteiger partial charge in [0.05, 0.1) is 0 Å². The first-order valence-corrected chi connectivity index (χ1v) is 11.2. The van der Waals surface area contributed by atoms with Gasteiger partial charge in [-0.1, -0.05) is 64.6 Å². The number of carbonyl (C=O) groups excluding carboxylic acids is 2. The number of Topliss-reactive ketones (excluding diaryl/α,β-unsaturated/α-hetero) is 1. The first kappa shape index (κ1) is 19.7. The van der Waals surface area contributed by atoms with Crippen LogP contribution in [0.1, 0.15) is 43.2 Å². The topological polar surface area (TPSA) is 52.6 Å². The zero-order chi connectivity index (χ0) is 20.6. The van der Waals surface area contributed by atoms with Crippen LogP contribution in [0, 0.1) is 30.6 Å². The molecule has 4 aliphatic carbocycles. The van der Waals surface area contributed by atoms with E-state index in [0.717, 1.165) is 31.2 Å². The molecule has 4 saturated carbocycles. The summed E-state index contributed by atoms with van der Waals surface area (Å²) >= 11 is 17.5. The number of aryl methyl sites for hydroxylation is 1. The molecule has 1 aliphatic heterocycles. The smallest absolute Gasteiger partial charge is 0.349 e. The van der Waals surface area contributed by atoms with Gasteiger partial charge in [-0.25, -0.2) is 4.79 Å². The highest BCUT2D eigenvalue weighted by Crippen LogP contribution is 2.62. The molecule has 1 heterocycles. The summed E-state index contributed by atoms with van der Waals surface area (Å²) in [5, 5.41) is 0. The van der Waals surface area contributed by atoms with Crippen molar-refractivity contribution >= 4 is 52.3 Å². The van der Waals surface area contributed by atoms with Gasteiger partial charge in [-0.2, -0.15) is 0 Å². The van der Waals surface area contributed by atoms with Gasteiger partial charge in [0.25, 0.3) is 9.58 Å². The van der Waals surface area contributed by atoms with Gasteiger partial charge in [0.2, 0.25) is 5.78 Å². The summed E-state index contributed by atoms with van der Waals surface area (Å²) < 4.78 is 10.2. The normalized spacial score (nSPS) is 35.7. The van der Waals surface area contributed by atoms with Crippen LogP contribution in [0.4, 0.5) is 0 Å². The lowest BCUT2D eigenvalue weighted by molar-refractivity contribution is -0.301. The summed E-state index contributed by atoms with van der Waals surface area (Å²) in [5.74, 6) is -0.937. The number of esters is 1. The Labute approximate surface area is 184 Å². The highest BCUT2D eigenvalue weighted by Gasteiger charge is 2.64. The van der Waals surface area contributed by atoms with Gasteiger partial charge in [-0.3, -0.25) is 4.79 Å². The van der Waals surface area contributed by atoms with E-state index in [-0.39, 0.29) is 23.2 Å². The predicted octanol–water partition coefficient (Wildman–Crippen LogP) is 5.37. The molecule has 0 N–H and O–H groups in total. The lowest BCUT2D eigenvalue weighted by Crippen LogP contribution is -2.62. The molecular weight excluding hydrogens is 435 g/mol. The molecule has 0 saturated heterocycles. The zero-order valence-electron chi connectivity index (χ0n) is 15.9. The molecule has 0 unspecified atom stereocenters. The number of carbonyl (C=O) groups is 2. The van der Waals surface area contributed by atoms with Gasteiger partial charge in [0.1, 0.15) is 11.3 Å². The first-order chi connectivity index (χ1) is 13.7. The van der Waals surface area contributed by atoms with Crippen molar-refractivity contribution in [2.75, 3.05) is 0 Å². The molecule has 0 amide bonds. The van der Waals surface area contributed by atoms with E-state index in [0.29, 0.717) is 17.4 Å². The Balaban J connectivity index is 1.63. The second-order valence-corrected chi connectivity index (χ2v) is 11.2. The van der Waals surface area contributed by atoms with Crippen LogP contribution in [0.5, 0.6) is 0 Å². The highest BCUT2D eigenvalue weighted by atomic mass is 35.6. The Kier molecular flexibility index (Phi) is 4.51.